The molecule has 2 aromatic carbocycles. The van der Waals surface area contributed by atoms with Crippen molar-refractivity contribution in [1.29, 1.82) is 0 Å². The molecule has 1 saturated heterocycles. The third-order valence-corrected chi connectivity index (χ3v) is 5.07. The topological polar surface area (TPSA) is 127 Å². The SMILES string of the molecule is CC[C@]1(c2ccccc2)NC(=O)N(CC(=O)Nc2ccc3[nH]c(=O)[nH]c3c2)C1=O. The molecule has 0 spiro atoms. The lowest BCUT2D eigenvalue weighted by Gasteiger charge is -2.25. The predicted octanol–water partition coefficient (Wildman–Crippen LogP) is 1.65. The molecule has 1 fully saturated rings. The maximum atomic E-state index is 13.1. The minimum atomic E-state index is -1.18. The Morgan fingerprint density at radius 2 is 1.76 bits per heavy atom. The van der Waals surface area contributed by atoms with Crippen LogP contribution in [0.5, 0.6) is 0 Å². The second kappa shape index (κ2) is 6.93. The van der Waals surface area contributed by atoms with Crippen molar-refractivity contribution in [2.45, 2.75) is 18.9 Å². The molecule has 29 heavy (non-hydrogen) atoms. The Kier molecular flexibility index (Phi) is 4.42. The number of nitrogens with zero attached hydrogens (tertiary/aromatic N) is 1. The third kappa shape index (κ3) is 3.16. The number of hydrogen-bond donors (Lipinski definition) is 4. The van der Waals surface area contributed by atoms with Gasteiger partial charge in [0.2, 0.25) is 5.91 Å². The Balaban J connectivity index is 1.52. The number of nitrogens with one attached hydrogen (secondary N) is 4. The van der Waals surface area contributed by atoms with Crippen LogP contribution >= 0.6 is 0 Å². The van der Waals surface area contributed by atoms with Crippen molar-refractivity contribution < 1.29 is 14.4 Å². The van der Waals surface area contributed by atoms with Crippen LogP contribution in [0.25, 0.3) is 11.0 Å². The van der Waals surface area contributed by atoms with Crippen molar-refractivity contribution in [3.63, 3.8) is 0 Å². The molecule has 4 amide bonds. The van der Waals surface area contributed by atoms with Gasteiger partial charge in [0.1, 0.15) is 12.1 Å². The zero-order valence-corrected chi connectivity index (χ0v) is 15.6. The minimum Gasteiger partial charge on any atom is -0.324 e. The van der Waals surface area contributed by atoms with E-state index < -0.39 is 29.9 Å². The van der Waals surface area contributed by atoms with E-state index >= 15 is 0 Å². The molecule has 1 atom stereocenters. The summed E-state index contributed by atoms with van der Waals surface area (Å²) in [5.41, 5.74) is 0.733. The molecule has 0 bridgehead atoms. The highest BCUT2D eigenvalue weighted by Gasteiger charge is 2.51. The van der Waals surface area contributed by atoms with Gasteiger partial charge < -0.3 is 20.6 Å². The number of imidazole rings is 1. The largest absolute Gasteiger partial charge is 0.325 e. The first kappa shape index (κ1) is 18.5. The van der Waals surface area contributed by atoms with Crippen molar-refractivity contribution in [1.82, 2.24) is 20.2 Å². The first-order valence-electron chi connectivity index (χ1n) is 9.14. The van der Waals surface area contributed by atoms with Gasteiger partial charge in [-0.25, -0.2) is 9.59 Å². The molecule has 9 heteroatoms. The average molecular weight is 393 g/mol. The molecule has 4 N–H and O–H groups in total. The van der Waals surface area contributed by atoms with Crippen LogP contribution in [0.3, 0.4) is 0 Å². The summed E-state index contributed by atoms with van der Waals surface area (Å²) in [6.45, 7) is 1.39. The van der Waals surface area contributed by atoms with E-state index in [4.69, 9.17) is 0 Å². The number of aromatic amines is 2. The summed E-state index contributed by atoms with van der Waals surface area (Å²) in [4.78, 5) is 55.5. The van der Waals surface area contributed by atoms with Gasteiger partial charge in [-0.1, -0.05) is 37.3 Å². The van der Waals surface area contributed by atoms with Crippen LogP contribution in [0, 0.1) is 0 Å². The fraction of sp³-hybridized carbons (Fsp3) is 0.200. The Morgan fingerprint density at radius 1 is 1.03 bits per heavy atom. The zero-order chi connectivity index (χ0) is 20.6. The molecule has 1 aliphatic rings. The highest BCUT2D eigenvalue weighted by atomic mass is 16.2. The summed E-state index contributed by atoms with van der Waals surface area (Å²) in [6, 6.07) is 13.2. The number of hydrogen-bond acceptors (Lipinski definition) is 4. The van der Waals surface area contributed by atoms with Gasteiger partial charge >= 0.3 is 11.7 Å². The van der Waals surface area contributed by atoms with Crippen LogP contribution in [0.1, 0.15) is 18.9 Å². The van der Waals surface area contributed by atoms with E-state index in [9.17, 15) is 19.2 Å². The summed E-state index contributed by atoms with van der Waals surface area (Å²) < 4.78 is 0. The fourth-order valence-corrected chi connectivity index (χ4v) is 3.59. The number of rotatable bonds is 5. The number of amides is 4. The standard InChI is InChI=1S/C20H19N5O4/c1-2-20(12-6-4-3-5-7-12)17(27)25(19(29)24-20)11-16(26)21-13-8-9-14-15(10-13)23-18(28)22-14/h3-10H,2,11H2,1H3,(H,21,26)(H,24,29)(H2,22,23,28)/t20-/m1/s1. The Labute approximate surface area is 165 Å². The van der Waals surface area contributed by atoms with Crippen molar-refractivity contribution >= 4 is 34.6 Å². The second-order valence-electron chi connectivity index (χ2n) is 6.83. The lowest BCUT2D eigenvalue weighted by Crippen LogP contribution is -2.44. The average Bonchev–Trinajstić information content (AvgIpc) is 3.20. The van der Waals surface area contributed by atoms with Gasteiger partial charge in [-0.2, -0.15) is 0 Å². The lowest BCUT2D eigenvalue weighted by molar-refractivity contribution is -0.134. The summed E-state index contributed by atoms with van der Waals surface area (Å²) >= 11 is 0. The lowest BCUT2D eigenvalue weighted by atomic mass is 9.87. The Bertz CT molecular complexity index is 1170. The van der Waals surface area contributed by atoms with Crippen LogP contribution in [0.4, 0.5) is 10.5 Å². The van der Waals surface area contributed by atoms with Crippen LogP contribution in [0.2, 0.25) is 0 Å². The highest BCUT2D eigenvalue weighted by molar-refractivity contribution is 6.10. The Morgan fingerprint density at radius 3 is 2.48 bits per heavy atom. The molecular formula is C20H19N5O4. The first-order valence-corrected chi connectivity index (χ1v) is 9.14. The van der Waals surface area contributed by atoms with Gasteiger partial charge in [0.05, 0.1) is 11.0 Å². The molecule has 1 aliphatic heterocycles. The smallest absolute Gasteiger partial charge is 0.324 e. The number of fused-ring (bicyclic) bond motifs is 1. The van der Waals surface area contributed by atoms with Gasteiger partial charge in [0.25, 0.3) is 5.91 Å². The van der Waals surface area contributed by atoms with Crippen LogP contribution in [0.15, 0.2) is 53.3 Å². The van der Waals surface area contributed by atoms with Crippen LogP contribution in [-0.2, 0) is 15.1 Å². The maximum Gasteiger partial charge on any atom is 0.325 e. The molecule has 0 aliphatic carbocycles. The zero-order valence-electron chi connectivity index (χ0n) is 15.6. The van der Waals surface area contributed by atoms with E-state index in [0.29, 0.717) is 28.7 Å². The highest BCUT2D eigenvalue weighted by Crippen LogP contribution is 2.32. The summed E-state index contributed by atoms with van der Waals surface area (Å²) in [6.07, 6.45) is 0.358. The van der Waals surface area contributed by atoms with Crippen molar-refractivity contribution in [3.05, 3.63) is 64.6 Å². The fourth-order valence-electron chi connectivity index (χ4n) is 3.59. The van der Waals surface area contributed by atoms with E-state index in [2.05, 4.69) is 20.6 Å². The summed E-state index contributed by atoms with van der Waals surface area (Å²) in [5, 5.41) is 5.39. The molecule has 0 radical (unpaired) electrons. The number of H-pyrrole nitrogens is 2. The van der Waals surface area contributed by atoms with Crippen LogP contribution < -0.4 is 16.3 Å². The van der Waals surface area contributed by atoms with E-state index in [1.165, 1.54) is 0 Å². The molecule has 0 unspecified atom stereocenters. The summed E-state index contributed by atoms with van der Waals surface area (Å²) in [7, 11) is 0. The van der Waals surface area contributed by atoms with Gasteiger partial charge in [0.15, 0.2) is 0 Å². The number of carbonyl (C=O) groups is 3. The molecular weight excluding hydrogens is 374 g/mol. The molecule has 3 aromatic rings. The van der Waals surface area contributed by atoms with E-state index in [1.54, 1.807) is 42.5 Å². The van der Waals surface area contributed by atoms with E-state index in [-0.39, 0.29) is 5.69 Å². The minimum absolute atomic E-state index is 0.348. The summed E-state index contributed by atoms with van der Waals surface area (Å²) in [5.74, 6) is -0.984. The van der Waals surface area contributed by atoms with Crippen molar-refractivity contribution in [3.8, 4) is 0 Å². The number of carbonyl (C=O) groups excluding carboxylic acids is 3. The Hall–Kier alpha value is -3.88. The molecule has 0 saturated carbocycles. The molecule has 148 valence electrons. The van der Waals surface area contributed by atoms with E-state index in [0.717, 1.165) is 4.90 Å². The second-order valence-corrected chi connectivity index (χ2v) is 6.83. The third-order valence-electron chi connectivity index (χ3n) is 5.07. The van der Waals surface area contributed by atoms with Crippen LogP contribution in [-0.4, -0.2) is 39.3 Å². The van der Waals surface area contributed by atoms with Gasteiger partial charge in [-0.05, 0) is 30.2 Å². The van der Waals surface area contributed by atoms with E-state index in [1.807, 2.05) is 13.0 Å². The predicted molar refractivity (Wildman–Crippen MR) is 106 cm³/mol. The van der Waals surface area contributed by atoms with Crippen molar-refractivity contribution in [2.75, 3.05) is 11.9 Å². The number of imide groups is 1. The monoisotopic (exact) mass is 393 g/mol. The number of anilines is 1. The number of urea groups is 1. The van der Waals surface area contributed by atoms with Gasteiger partial charge in [-0.3, -0.25) is 14.5 Å². The molecule has 9 nitrogen and oxygen atoms in total. The quantitative estimate of drug-likeness (QED) is 0.492. The maximum absolute atomic E-state index is 13.1. The molecule has 2 heterocycles. The molecule has 4 rings (SSSR count). The normalized spacial score (nSPS) is 18.9. The number of aromatic nitrogens is 2. The number of benzene rings is 2. The van der Waals surface area contributed by atoms with Gasteiger partial charge in [-0.15, -0.1) is 0 Å². The van der Waals surface area contributed by atoms with Gasteiger partial charge in [0, 0.05) is 5.69 Å². The first-order chi connectivity index (χ1) is 13.9. The molecule has 1 aromatic heterocycles. The van der Waals surface area contributed by atoms with Crippen molar-refractivity contribution in [2.24, 2.45) is 0 Å².